The molecule has 0 saturated heterocycles. The second-order valence-electron chi connectivity index (χ2n) is 6.91. The molecule has 3 atom stereocenters. The molecule has 1 saturated carbocycles. The molecular weight excluding hydrogens is 355 g/mol. The minimum Gasteiger partial charge on any atom is -0.0887 e. The van der Waals surface area contributed by atoms with Crippen molar-refractivity contribution in [3.05, 3.63) is 33.8 Å². The Morgan fingerprint density at radius 2 is 1.80 bits per heavy atom. The van der Waals surface area contributed by atoms with Crippen molar-refractivity contribution in [2.75, 3.05) is 0 Å². The fourth-order valence-corrected chi connectivity index (χ4v) is 5.63. The number of alkyl halides is 1. The van der Waals surface area contributed by atoms with E-state index in [4.69, 9.17) is 23.2 Å². The van der Waals surface area contributed by atoms with Gasteiger partial charge < -0.3 is 0 Å². The van der Waals surface area contributed by atoms with E-state index < -0.39 is 0 Å². The van der Waals surface area contributed by atoms with Gasteiger partial charge in [-0.25, -0.2) is 0 Å². The van der Waals surface area contributed by atoms with Crippen molar-refractivity contribution in [2.24, 2.45) is 17.3 Å². The van der Waals surface area contributed by atoms with Gasteiger partial charge in [-0.2, -0.15) is 0 Å². The van der Waals surface area contributed by atoms with Crippen LogP contribution in [0.4, 0.5) is 0 Å². The second-order valence-corrected chi connectivity index (χ2v) is 8.90. The highest BCUT2D eigenvalue weighted by Crippen LogP contribution is 2.46. The van der Waals surface area contributed by atoms with Crippen molar-refractivity contribution in [1.29, 1.82) is 0 Å². The van der Waals surface area contributed by atoms with Crippen LogP contribution in [0.1, 0.15) is 45.6 Å². The Balaban J connectivity index is 2.18. The van der Waals surface area contributed by atoms with Gasteiger partial charge in [0.1, 0.15) is 0 Å². The van der Waals surface area contributed by atoms with Gasteiger partial charge in [0.05, 0.1) is 0 Å². The minimum absolute atomic E-state index is 0.197. The molecule has 2 rings (SSSR count). The maximum absolute atomic E-state index is 6.34. The van der Waals surface area contributed by atoms with Crippen molar-refractivity contribution >= 4 is 39.1 Å². The van der Waals surface area contributed by atoms with Crippen molar-refractivity contribution in [1.82, 2.24) is 0 Å². The van der Waals surface area contributed by atoms with Gasteiger partial charge in [0.15, 0.2) is 0 Å². The lowest BCUT2D eigenvalue weighted by molar-refractivity contribution is 0.147. The molecule has 0 aliphatic heterocycles. The van der Waals surface area contributed by atoms with Gasteiger partial charge in [-0.1, -0.05) is 72.4 Å². The lowest BCUT2D eigenvalue weighted by Crippen LogP contribution is -2.37. The Morgan fingerprint density at radius 1 is 1.20 bits per heavy atom. The highest BCUT2D eigenvalue weighted by Gasteiger charge is 2.38. The standard InChI is InChI=1S/C17H23BrCl2/c1-11-7-8-13(14(18)9-11)17(2,3)10-12-15(19)5-4-6-16(12)20/h4-6,11,13-14H,7-10H2,1-3H3. The van der Waals surface area contributed by atoms with Crippen LogP contribution in [0.2, 0.25) is 10.0 Å². The van der Waals surface area contributed by atoms with Gasteiger partial charge in [-0.15, -0.1) is 0 Å². The first-order valence-electron chi connectivity index (χ1n) is 7.38. The molecule has 0 aromatic heterocycles. The zero-order valence-electron chi connectivity index (χ0n) is 12.4. The average Bonchev–Trinajstić information content (AvgIpc) is 2.33. The fraction of sp³-hybridized carbons (Fsp3) is 0.647. The van der Waals surface area contributed by atoms with Crippen molar-refractivity contribution in [2.45, 2.75) is 51.3 Å². The van der Waals surface area contributed by atoms with Gasteiger partial charge in [0, 0.05) is 14.9 Å². The van der Waals surface area contributed by atoms with Gasteiger partial charge in [0.2, 0.25) is 0 Å². The summed E-state index contributed by atoms with van der Waals surface area (Å²) in [5, 5.41) is 1.58. The molecule has 0 nitrogen and oxygen atoms in total. The number of benzene rings is 1. The van der Waals surface area contributed by atoms with E-state index in [1.165, 1.54) is 19.3 Å². The Bertz CT molecular complexity index is 450. The lowest BCUT2D eigenvalue weighted by Gasteiger charge is -2.42. The molecule has 3 unspecified atom stereocenters. The van der Waals surface area contributed by atoms with Gasteiger partial charge in [-0.3, -0.25) is 0 Å². The third kappa shape index (κ3) is 3.72. The smallest absolute Gasteiger partial charge is 0.0453 e. The van der Waals surface area contributed by atoms with Gasteiger partial charge in [0.25, 0.3) is 0 Å². The molecule has 0 heterocycles. The number of halogens is 3. The van der Waals surface area contributed by atoms with Crippen LogP contribution < -0.4 is 0 Å². The van der Waals surface area contributed by atoms with Crippen LogP contribution >= 0.6 is 39.1 Å². The summed E-state index contributed by atoms with van der Waals surface area (Å²) in [5.74, 6) is 1.50. The van der Waals surface area contributed by atoms with E-state index in [2.05, 4.69) is 36.7 Å². The summed E-state index contributed by atoms with van der Waals surface area (Å²) >= 11 is 16.6. The largest absolute Gasteiger partial charge is 0.0887 e. The predicted molar refractivity (Wildman–Crippen MR) is 93.2 cm³/mol. The summed E-state index contributed by atoms with van der Waals surface area (Å²) in [6.07, 6.45) is 4.82. The molecule has 1 aromatic rings. The Labute approximate surface area is 141 Å². The van der Waals surface area contributed by atoms with Crippen LogP contribution in [0.3, 0.4) is 0 Å². The molecule has 0 bridgehead atoms. The summed E-state index contributed by atoms with van der Waals surface area (Å²) in [7, 11) is 0. The maximum atomic E-state index is 6.34. The van der Waals surface area contributed by atoms with E-state index in [9.17, 15) is 0 Å². The SMILES string of the molecule is CC1CCC(C(C)(C)Cc2c(Cl)cccc2Cl)C(Br)C1. The monoisotopic (exact) mass is 376 g/mol. The summed E-state index contributed by atoms with van der Waals surface area (Å²) in [6.45, 7) is 7.05. The molecule has 0 spiro atoms. The quantitative estimate of drug-likeness (QED) is 0.510. The molecule has 0 radical (unpaired) electrons. The number of rotatable bonds is 3. The summed E-state index contributed by atoms with van der Waals surface area (Å²) in [6, 6.07) is 5.79. The minimum atomic E-state index is 0.197. The summed E-state index contributed by atoms with van der Waals surface area (Å²) in [4.78, 5) is 0.600. The molecule has 1 aromatic carbocycles. The van der Waals surface area contributed by atoms with E-state index in [0.717, 1.165) is 27.9 Å². The summed E-state index contributed by atoms with van der Waals surface area (Å²) < 4.78 is 0. The molecule has 112 valence electrons. The highest BCUT2D eigenvalue weighted by atomic mass is 79.9. The fourth-order valence-electron chi connectivity index (χ4n) is 3.48. The van der Waals surface area contributed by atoms with Crippen LogP contribution in [0.5, 0.6) is 0 Å². The first-order chi connectivity index (χ1) is 9.31. The zero-order valence-corrected chi connectivity index (χ0v) is 15.5. The highest BCUT2D eigenvalue weighted by molar-refractivity contribution is 9.09. The number of hydrogen-bond donors (Lipinski definition) is 0. The predicted octanol–water partition coefficient (Wildman–Crippen LogP) is 6.76. The topological polar surface area (TPSA) is 0 Å². The molecular formula is C17H23BrCl2. The van der Waals surface area contributed by atoms with Crippen molar-refractivity contribution < 1.29 is 0 Å². The van der Waals surface area contributed by atoms with E-state index in [1.54, 1.807) is 0 Å². The van der Waals surface area contributed by atoms with Crippen LogP contribution in [0.25, 0.3) is 0 Å². The molecule has 0 amide bonds. The van der Waals surface area contributed by atoms with Crippen LogP contribution in [-0.2, 0) is 6.42 Å². The third-order valence-corrected chi connectivity index (χ3v) is 6.45. The van der Waals surface area contributed by atoms with Gasteiger partial charge >= 0.3 is 0 Å². The van der Waals surface area contributed by atoms with Crippen molar-refractivity contribution in [3.8, 4) is 0 Å². The molecule has 0 N–H and O–H groups in total. The van der Waals surface area contributed by atoms with Gasteiger partial charge in [-0.05, 0) is 54.2 Å². The Hall–Kier alpha value is 0.280. The zero-order chi connectivity index (χ0) is 14.9. The molecule has 1 aliphatic carbocycles. The number of hydrogen-bond acceptors (Lipinski definition) is 0. The molecule has 3 heteroatoms. The maximum Gasteiger partial charge on any atom is 0.0453 e. The van der Waals surface area contributed by atoms with E-state index in [-0.39, 0.29) is 5.41 Å². The Morgan fingerprint density at radius 3 is 2.35 bits per heavy atom. The lowest BCUT2D eigenvalue weighted by atomic mass is 9.66. The molecule has 1 aliphatic rings. The van der Waals surface area contributed by atoms with E-state index >= 15 is 0 Å². The Kier molecular flexibility index (Phi) is 5.48. The second kappa shape index (κ2) is 6.58. The van der Waals surface area contributed by atoms with Crippen LogP contribution in [0.15, 0.2) is 18.2 Å². The summed E-state index contributed by atoms with van der Waals surface area (Å²) in [5.41, 5.74) is 1.29. The van der Waals surface area contributed by atoms with Crippen LogP contribution in [0, 0.1) is 17.3 Å². The normalized spacial score (nSPS) is 27.6. The first kappa shape index (κ1) is 16.6. The average molecular weight is 378 g/mol. The first-order valence-corrected chi connectivity index (χ1v) is 9.05. The van der Waals surface area contributed by atoms with E-state index in [0.29, 0.717) is 10.7 Å². The molecule has 1 fully saturated rings. The van der Waals surface area contributed by atoms with E-state index in [1.807, 2.05) is 18.2 Å². The third-order valence-electron chi connectivity index (χ3n) is 4.73. The molecule has 20 heavy (non-hydrogen) atoms. The van der Waals surface area contributed by atoms with Crippen LogP contribution in [-0.4, -0.2) is 4.83 Å². The van der Waals surface area contributed by atoms with Crippen molar-refractivity contribution in [3.63, 3.8) is 0 Å².